The molecule has 2 N–H and O–H groups in total. The monoisotopic (exact) mass is 305 g/mol. The minimum atomic E-state index is 0.0354. The number of benzene rings is 1. The van der Waals surface area contributed by atoms with E-state index in [2.05, 4.69) is 22.0 Å². The molecule has 5 nitrogen and oxygen atoms in total. The molecule has 1 aromatic rings. The molecule has 1 aromatic carbocycles. The van der Waals surface area contributed by atoms with Gasteiger partial charge in [-0.2, -0.15) is 0 Å². The summed E-state index contributed by atoms with van der Waals surface area (Å²) in [6, 6.07) is 8.10. The van der Waals surface area contributed by atoms with Crippen LogP contribution in [0.5, 0.6) is 0 Å². The maximum atomic E-state index is 12.1. The van der Waals surface area contributed by atoms with Crippen LogP contribution in [0.2, 0.25) is 0 Å². The summed E-state index contributed by atoms with van der Waals surface area (Å²) in [4.78, 5) is 16.6. The van der Waals surface area contributed by atoms with Gasteiger partial charge in [-0.25, -0.2) is 0 Å². The third-order valence-corrected chi connectivity index (χ3v) is 4.27. The molecule has 0 aromatic heterocycles. The van der Waals surface area contributed by atoms with Gasteiger partial charge in [0.05, 0.1) is 13.2 Å². The third-order valence-electron chi connectivity index (χ3n) is 4.27. The lowest BCUT2D eigenvalue weighted by molar-refractivity contribution is -0.117. The fourth-order valence-electron chi connectivity index (χ4n) is 2.92. The molecule has 1 atom stereocenters. The van der Waals surface area contributed by atoms with Crippen LogP contribution in [-0.2, 0) is 4.79 Å². The standard InChI is InChI=1S/C17H27N3O2/c1-3-16(13-21)20-9-7-19(8-10-20)12-17(22)18-15-6-4-5-14(2)11-15/h4-6,11,16,21H,3,7-10,12-13H2,1-2H3,(H,18,22). The predicted octanol–water partition coefficient (Wildman–Crippen LogP) is 1.32. The van der Waals surface area contributed by atoms with Crippen molar-refractivity contribution in [2.75, 3.05) is 44.6 Å². The summed E-state index contributed by atoms with van der Waals surface area (Å²) in [6.45, 7) is 8.33. The minimum Gasteiger partial charge on any atom is -0.395 e. The second-order valence-corrected chi connectivity index (χ2v) is 5.97. The molecule has 0 radical (unpaired) electrons. The van der Waals surface area contributed by atoms with Gasteiger partial charge in [0.2, 0.25) is 5.91 Å². The lowest BCUT2D eigenvalue weighted by Gasteiger charge is -2.38. The van der Waals surface area contributed by atoms with E-state index in [0.717, 1.165) is 43.9 Å². The van der Waals surface area contributed by atoms with E-state index >= 15 is 0 Å². The highest BCUT2D eigenvalue weighted by Crippen LogP contribution is 2.11. The molecule has 0 bridgehead atoms. The largest absolute Gasteiger partial charge is 0.395 e. The minimum absolute atomic E-state index is 0.0354. The van der Waals surface area contributed by atoms with Gasteiger partial charge in [-0.05, 0) is 31.0 Å². The molecule has 1 heterocycles. The van der Waals surface area contributed by atoms with Gasteiger partial charge in [-0.3, -0.25) is 14.6 Å². The van der Waals surface area contributed by atoms with Crippen LogP contribution in [0.3, 0.4) is 0 Å². The first-order valence-corrected chi connectivity index (χ1v) is 8.06. The Kier molecular flexibility index (Phi) is 6.36. The Labute approximate surface area is 132 Å². The first-order chi connectivity index (χ1) is 10.6. The highest BCUT2D eigenvalue weighted by Gasteiger charge is 2.23. The topological polar surface area (TPSA) is 55.8 Å². The Morgan fingerprint density at radius 3 is 2.64 bits per heavy atom. The molecular weight excluding hydrogens is 278 g/mol. The van der Waals surface area contributed by atoms with Crippen molar-refractivity contribution in [1.82, 2.24) is 9.80 Å². The highest BCUT2D eigenvalue weighted by atomic mass is 16.3. The average Bonchev–Trinajstić information content (AvgIpc) is 2.50. The molecule has 5 heteroatoms. The van der Waals surface area contributed by atoms with Crippen molar-refractivity contribution in [3.8, 4) is 0 Å². The van der Waals surface area contributed by atoms with E-state index in [-0.39, 0.29) is 18.6 Å². The molecule has 0 aliphatic carbocycles. The molecular formula is C17H27N3O2. The van der Waals surface area contributed by atoms with Crippen LogP contribution >= 0.6 is 0 Å². The molecule has 1 saturated heterocycles. The number of anilines is 1. The van der Waals surface area contributed by atoms with E-state index in [4.69, 9.17) is 0 Å². The van der Waals surface area contributed by atoms with E-state index in [0.29, 0.717) is 6.54 Å². The van der Waals surface area contributed by atoms with Gasteiger partial charge in [-0.15, -0.1) is 0 Å². The quantitative estimate of drug-likeness (QED) is 0.832. The van der Waals surface area contributed by atoms with Gasteiger partial charge in [-0.1, -0.05) is 19.1 Å². The lowest BCUT2D eigenvalue weighted by atomic mass is 10.1. The van der Waals surface area contributed by atoms with Crippen molar-refractivity contribution >= 4 is 11.6 Å². The number of carbonyl (C=O) groups is 1. The van der Waals surface area contributed by atoms with Crippen molar-refractivity contribution in [2.45, 2.75) is 26.3 Å². The summed E-state index contributed by atoms with van der Waals surface area (Å²) in [6.07, 6.45) is 0.963. The van der Waals surface area contributed by atoms with Crippen LogP contribution < -0.4 is 5.32 Å². The molecule has 1 aliphatic rings. The summed E-state index contributed by atoms with van der Waals surface area (Å²) < 4.78 is 0. The highest BCUT2D eigenvalue weighted by molar-refractivity contribution is 5.92. The normalized spacial score (nSPS) is 18.1. The number of rotatable bonds is 6. The Morgan fingerprint density at radius 1 is 1.32 bits per heavy atom. The number of carbonyl (C=O) groups excluding carboxylic acids is 1. The molecule has 0 saturated carbocycles. The molecule has 122 valence electrons. The van der Waals surface area contributed by atoms with Gasteiger partial charge in [0, 0.05) is 37.9 Å². The van der Waals surface area contributed by atoms with E-state index in [9.17, 15) is 9.90 Å². The maximum Gasteiger partial charge on any atom is 0.238 e. The molecule has 1 unspecified atom stereocenters. The zero-order valence-corrected chi connectivity index (χ0v) is 13.6. The summed E-state index contributed by atoms with van der Waals surface area (Å²) in [7, 11) is 0. The molecule has 22 heavy (non-hydrogen) atoms. The first-order valence-electron chi connectivity index (χ1n) is 8.06. The zero-order valence-electron chi connectivity index (χ0n) is 13.6. The van der Waals surface area contributed by atoms with Gasteiger partial charge in [0.1, 0.15) is 0 Å². The SMILES string of the molecule is CCC(CO)N1CCN(CC(=O)Nc2cccc(C)c2)CC1. The average molecular weight is 305 g/mol. The smallest absolute Gasteiger partial charge is 0.238 e. The molecule has 2 rings (SSSR count). The van der Waals surface area contributed by atoms with E-state index in [1.807, 2.05) is 31.2 Å². The predicted molar refractivity (Wildman–Crippen MR) is 89.0 cm³/mol. The number of hydrogen-bond donors (Lipinski definition) is 2. The van der Waals surface area contributed by atoms with Gasteiger partial charge >= 0.3 is 0 Å². The van der Waals surface area contributed by atoms with Crippen molar-refractivity contribution < 1.29 is 9.90 Å². The molecule has 1 fully saturated rings. The summed E-state index contributed by atoms with van der Waals surface area (Å²) in [5.74, 6) is 0.0354. The summed E-state index contributed by atoms with van der Waals surface area (Å²) in [5, 5.41) is 12.3. The van der Waals surface area contributed by atoms with Gasteiger partial charge in [0.15, 0.2) is 0 Å². The Bertz CT molecular complexity index is 481. The number of aliphatic hydroxyl groups excluding tert-OH is 1. The zero-order chi connectivity index (χ0) is 15.9. The number of aliphatic hydroxyl groups is 1. The maximum absolute atomic E-state index is 12.1. The van der Waals surface area contributed by atoms with Crippen molar-refractivity contribution in [3.63, 3.8) is 0 Å². The number of nitrogens with zero attached hydrogens (tertiary/aromatic N) is 2. The molecule has 0 spiro atoms. The first kappa shape index (κ1) is 16.9. The van der Waals surface area contributed by atoms with E-state index < -0.39 is 0 Å². The van der Waals surface area contributed by atoms with Gasteiger partial charge < -0.3 is 10.4 Å². The fraction of sp³-hybridized carbons (Fsp3) is 0.588. The van der Waals surface area contributed by atoms with Crippen LogP contribution in [0, 0.1) is 6.92 Å². The lowest BCUT2D eigenvalue weighted by Crippen LogP contribution is -2.52. The van der Waals surface area contributed by atoms with Crippen LogP contribution in [0.1, 0.15) is 18.9 Å². The van der Waals surface area contributed by atoms with E-state index in [1.165, 1.54) is 0 Å². The number of piperazine rings is 1. The Hall–Kier alpha value is -1.43. The van der Waals surface area contributed by atoms with Crippen molar-refractivity contribution in [1.29, 1.82) is 0 Å². The second kappa shape index (κ2) is 8.27. The second-order valence-electron chi connectivity index (χ2n) is 5.97. The van der Waals surface area contributed by atoms with Crippen molar-refractivity contribution in [2.24, 2.45) is 0 Å². The van der Waals surface area contributed by atoms with Gasteiger partial charge in [0.25, 0.3) is 0 Å². The van der Waals surface area contributed by atoms with Crippen molar-refractivity contribution in [3.05, 3.63) is 29.8 Å². The summed E-state index contributed by atoms with van der Waals surface area (Å²) in [5.41, 5.74) is 2.00. The number of nitrogens with one attached hydrogen (secondary N) is 1. The van der Waals surface area contributed by atoms with Crippen LogP contribution in [0.15, 0.2) is 24.3 Å². The third kappa shape index (κ3) is 4.80. The number of hydrogen-bond acceptors (Lipinski definition) is 4. The van der Waals surface area contributed by atoms with Crippen LogP contribution in [0.25, 0.3) is 0 Å². The number of amides is 1. The Morgan fingerprint density at radius 2 is 2.05 bits per heavy atom. The van der Waals surface area contributed by atoms with E-state index in [1.54, 1.807) is 0 Å². The number of aryl methyl sites for hydroxylation is 1. The molecule has 1 amide bonds. The van der Waals surface area contributed by atoms with Crippen LogP contribution in [0.4, 0.5) is 5.69 Å². The molecule has 1 aliphatic heterocycles. The fourth-order valence-corrected chi connectivity index (χ4v) is 2.92. The summed E-state index contributed by atoms with van der Waals surface area (Å²) >= 11 is 0. The Balaban J connectivity index is 1.77. The van der Waals surface area contributed by atoms with Crippen LogP contribution in [-0.4, -0.2) is 66.2 Å².